The van der Waals surface area contributed by atoms with E-state index in [2.05, 4.69) is 22.3 Å². The van der Waals surface area contributed by atoms with Gasteiger partial charge in [0.25, 0.3) is 0 Å². The fourth-order valence-corrected chi connectivity index (χ4v) is 4.34. The summed E-state index contributed by atoms with van der Waals surface area (Å²) in [6, 6.07) is 8.44. The third kappa shape index (κ3) is 5.77. The number of nitrogens with one attached hydrogen (secondary N) is 1. The highest BCUT2D eigenvalue weighted by atomic mass is 35.5. The van der Waals surface area contributed by atoms with Crippen molar-refractivity contribution in [3.05, 3.63) is 34.9 Å². The molecular formula is C20H31ClN2. The van der Waals surface area contributed by atoms with Crippen molar-refractivity contribution in [2.24, 2.45) is 11.8 Å². The molecule has 3 heteroatoms. The SMILES string of the molecule is Clc1ccc(CN(CC2CCCCC2)CC2CCNCC2)cc1. The van der Waals surface area contributed by atoms with Crippen molar-refractivity contribution in [3.63, 3.8) is 0 Å². The van der Waals surface area contributed by atoms with Gasteiger partial charge in [-0.25, -0.2) is 0 Å². The highest BCUT2D eigenvalue weighted by Crippen LogP contribution is 2.26. The number of hydrogen-bond donors (Lipinski definition) is 1. The predicted octanol–water partition coefficient (Wildman–Crippen LogP) is 4.72. The summed E-state index contributed by atoms with van der Waals surface area (Å²) in [4.78, 5) is 2.73. The Hall–Kier alpha value is -0.570. The van der Waals surface area contributed by atoms with Crippen LogP contribution in [0.2, 0.25) is 5.02 Å². The molecule has 1 N–H and O–H groups in total. The predicted molar refractivity (Wildman–Crippen MR) is 98.9 cm³/mol. The summed E-state index contributed by atoms with van der Waals surface area (Å²) in [6.45, 7) is 6.02. The summed E-state index contributed by atoms with van der Waals surface area (Å²) in [6.07, 6.45) is 9.86. The molecule has 128 valence electrons. The van der Waals surface area contributed by atoms with E-state index < -0.39 is 0 Å². The molecule has 2 aliphatic rings. The quantitative estimate of drug-likeness (QED) is 0.809. The number of halogens is 1. The molecular weight excluding hydrogens is 304 g/mol. The molecule has 1 saturated carbocycles. The Bertz CT molecular complexity index is 427. The normalized spacial score (nSPS) is 21.0. The molecule has 2 fully saturated rings. The Kier molecular flexibility index (Phi) is 6.79. The molecule has 1 aromatic carbocycles. The van der Waals surface area contributed by atoms with Gasteiger partial charge in [0.1, 0.15) is 0 Å². The van der Waals surface area contributed by atoms with Crippen molar-refractivity contribution in [2.75, 3.05) is 26.2 Å². The monoisotopic (exact) mass is 334 g/mol. The van der Waals surface area contributed by atoms with Gasteiger partial charge in [0.2, 0.25) is 0 Å². The average Bonchev–Trinajstić information content (AvgIpc) is 2.59. The third-order valence-corrected chi connectivity index (χ3v) is 5.79. The zero-order valence-corrected chi connectivity index (χ0v) is 15.0. The van der Waals surface area contributed by atoms with Crippen molar-refractivity contribution < 1.29 is 0 Å². The molecule has 3 rings (SSSR count). The van der Waals surface area contributed by atoms with Gasteiger partial charge in [0.05, 0.1) is 0 Å². The number of benzene rings is 1. The summed E-state index contributed by atoms with van der Waals surface area (Å²) in [5.41, 5.74) is 1.40. The van der Waals surface area contributed by atoms with Crippen molar-refractivity contribution in [1.29, 1.82) is 0 Å². The second-order valence-corrected chi connectivity index (χ2v) is 7.95. The molecule has 2 nitrogen and oxygen atoms in total. The fraction of sp³-hybridized carbons (Fsp3) is 0.700. The minimum absolute atomic E-state index is 0.839. The Morgan fingerprint density at radius 2 is 1.48 bits per heavy atom. The van der Waals surface area contributed by atoms with Crippen molar-refractivity contribution >= 4 is 11.6 Å². The van der Waals surface area contributed by atoms with Crippen LogP contribution in [-0.2, 0) is 6.54 Å². The van der Waals surface area contributed by atoms with Crippen LogP contribution in [0, 0.1) is 11.8 Å². The molecule has 0 unspecified atom stereocenters. The number of hydrogen-bond acceptors (Lipinski definition) is 2. The maximum Gasteiger partial charge on any atom is 0.0406 e. The topological polar surface area (TPSA) is 15.3 Å². The zero-order valence-electron chi connectivity index (χ0n) is 14.3. The van der Waals surface area contributed by atoms with Crippen LogP contribution in [0.5, 0.6) is 0 Å². The van der Waals surface area contributed by atoms with Gasteiger partial charge in [-0.05, 0) is 68.3 Å². The molecule has 1 saturated heterocycles. The summed E-state index contributed by atoms with van der Waals surface area (Å²) in [5, 5.41) is 4.33. The van der Waals surface area contributed by atoms with Crippen molar-refractivity contribution in [3.8, 4) is 0 Å². The van der Waals surface area contributed by atoms with Crippen LogP contribution in [0.4, 0.5) is 0 Å². The van der Waals surface area contributed by atoms with Crippen molar-refractivity contribution in [2.45, 2.75) is 51.5 Å². The van der Waals surface area contributed by atoms with E-state index in [1.54, 1.807) is 0 Å². The highest BCUT2D eigenvalue weighted by molar-refractivity contribution is 6.30. The van der Waals surface area contributed by atoms with Crippen LogP contribution in [0.3, 0.4) is 0 Å². The third-order valence-electron chi connectivity index (χ3n) is 5.54. The first-order valence-corrected chi connectivity index (χ1v) is 9.85. The van der Waals surface area contributed by atoms with Gasteiger partial charge < -0.3 is 5.32 Å². The molecule has 0 atom stereocenters. The Balaban J connectivity index is 1.60. The van der Waals surface area contributed by atoms with Crippen LogP contribution in [0.25, 0.3) is 0 Å². The van der Waals surface area contributed by atoms with Gasteiger partial charge in [0.15, 0.2) is 0 Å². The van der Waals surface area contributed by atoms with E-state index in [1.807, 2.05) is 12.1 Å². The largest absolute Gasteiger partial charge is 0.317 e. The van der Waals surface area contributed by atoms with Gasteiger partial charge in [-0.2, -0.15) is 0 Å². The Labute approximate surface area is 146 Å². The number of rotatable bonds is 6. The van der Waals surface area contributed by atoms with E-state index >= 15 is 0 Å². The summed E-state index contributed by atoms with van der Waals surface area (Å²) >= 11 is 6.04. The maximum atomic E-state index is 6.04. The molecule has 23 heavy (non-hydrogen) atoms. The van der Waals surface area contributed by atoms with Gasteiger partial charge in [-0.3, -0.25) is 4.90 Å². The molecule has 0 spiro atoms. The van der Waals surface area contributed by atoms with E-state index in [0.717, 1.165) is 23.4 Å². The number of piperidine rings is 1. The Morgan fingerprint density at radius 1 is 0.870 bits per heavy atom. The van der Waals surface area contributed by atoms with Gasteiger partial charge in [-0.1, -0.05) is 43.0 Å². The molecule has 1 aromatic rings. The lowest BCUT2D eigenvalue weighted by atomic mass is 9.88. The molecule has 1 aliphatic carbocycles. The molecule has 0 amide bonds. The minimum Gasteiger partial charge on any atom is -0.317 e. The van der Waals surface area contributed by atoms with E-state index in [4.69, 9.17) is 11.6 Å². The Morgan fingerprint density at radius 3 is 2.13 bits per heavy atom. The second kappa shape index (κ2) is 9.05. The lowest BCUT2D eigenvalue weighted by molar-refractivity contribution is 0.156. The number of nitrogens with zero attached hydrogens (tertiary/aromatic N) is 1. The average molecular weight is 335 g/mol. The molecule has 0 radical (unpaired) electrons. The van der Waals surface area contributed by atoms with Crippen molar-refractivity contribution in [1.82, 2.24) is 10.2 Å². The summed E-state index contributed by atoms with van der Waals surface area (Å²) in [7, 11) is 0. The van der Waals surface area contributed by atoms with Gasteiger partial charge in [-0.15, -0.1) is 0 Å². The van der Waals surface area contributed by atoms with Crippen LogP contribution >= 0.6 is 11.6 Å². The molecule has 1 aliphatic heterocycles. The smallest absolute Gasteiger partial charge is 0.0406 e. The first kappa shape index (κ1) is 17.3. The van der Waals surface area contributed by atoms with E-state index in [-0.39, 0.29) is 0 Å². The van der Waals surface area contributed by atoms with E-state index in [1.165, 1.54) is 76.7 Å². The molecule has 0 bridgehead atoms. The first-order valence-electron chi connectivity index (χ1n) is 9.47. The van der Waals surface area contributed by atoms with E-state index in [9.17, 15) is 0 Å². The maximum absolute atomic E-state index is 6.04. The first-order chi connectivity index (χ1) is 11.3. The minimum atomic E-state index is 0.839. The lowest BCUT2D eigenvalue weighted by Gasteiger charge is -2.34. The fourth-order valence-electron chi connectivity index (χ4n) is 4.22. The summed E-state index contributed by atoms with van der Waals surface area (Å²) < 4.78 is 0. The van der Waals surface area contributed by atoms with Crippen LogP contribution < -0.4 is 5.32 Å². The van der Waals surface area contributed by atoms with Crippen LogP contribution in [0.1, 0.15) is 50.5 Å². The second-order valence-electron chi connectivity index (χ2n) is 7.52. The van der Waals surface area contributed by atoms with Crippen LogP contribution in [-0.4, -0.2) is 31.1 Å². The molecule has 0 aromatic heterocycles. The van der Waals surface area contributed by atoms with Gasteiger partial charge >= 0.3 is 0 Å². The molecule has 1 heterocycles. The zero-order chi connectivity index (χ0) is 15.9. The van der Waals surface area contributed by atoms with Gasteiger partial charge in [0, 0.05) is 24.7 Å². The summed E-state index contributed by atoms with van der Waals surface area (Å²) in [5.74, 6) is 1.78. The lowest BCUT2D eigenvalue weighted by Crippen LogP contribution is -2.38. The standard InChI is InChI=1S/C20H31ClN2/c21-20-8-6-18(7-9-20)15-23(14-17-4-2-1-3-5-17)16-19-10-12-22-13-11-19/h6-9,17,19,22H,1-5,10-16H2. The highest BCUT2D eigenvalue weighted by Gasteiger charge is 2.21. The van der Waals surface area contributed by atoms with E-state index in [0.29, 0.717) is 0 Å². The van der Waals surface area contributed by atoms with Crippen LogP contribution in [0.15, 0.2) is 24.3 Å².